The third kappa shape index (κ3) is 10.1. The second-order valence-corrected chi connectivity index (χ2v) is 5.79. The molecule has 1 aromatic heterocycles. The zero-order chi connectivity index (χ0) is 13.6. The van der Waals surface area contributed by atoms with Crippen LogP contribution in [0.1, 0.15) is 51.0 Å². The highest BCUT2D eigenvalue weighted by Crippen LogP contribution is 2.06. The molecule has 0 saturated carbocycles. The molecule has 0 aliphatic rings. The van der Waals surface area contributed by atoms with Gasteiger partial charge in [-0.2, -0.15) is 11.3 Å². The summed E-state index contributed by atoms with van der Waals surface area (Å²) in [7, 11) is 0. The predicted octanol–water partition coefficient (Wildman–Crippen LogP) is 4.26. The number of hydrogen-bond acceptors (Lipinski definition) is 3. The Kier molecular flexibility index (Phi) is 11.1. The zero-order valence-electron chi connectivity index (χ0n) is 12.3. The molecule has 0 amide bonds. The average Bonchev–Trinajstić information content (AvgIpc) is 2.93. The van der Waals surface area contributed by atoms with E-state index in [-0.39, 0.29) is 0 Å². The van der Waals surface area contributed by atoms with Gasteiger partial charge >= 0.3 is 0 Å². The fraction of sp³-hybridized carbons (Fsp3) is 0.750. The average molecular weight is 283 g/mol. The van der Waals surface area contributed by atoms with Crippen molar-refractivity contribution in [2.75, 3.05) is 26.3 Å². The Labute approximate surface area is 122 Å². The maximum atomic E-state index is 5.62. The standard InChI is InChI=1S/C16H29NOS/c1-2-3-4-5-6-7-12-18-13-11-17-10-8-16-9-14-19-15-16/h9,14-15,17H,2-8,10-13H2,1H3. The summed E-state index contributed by atoms with van der Waals surface area (Å²) >= 11 is 1.77. The van der Waals surface area contributed by atoms with E-state index in [0.29, 0.717) is 0 Å². The van der Waals surface area contributed by atoms with Gasteiger partial charge in [-0.15, -0.1) is 0 Å². The van der Waals surface area contributed by atoms with Gasteiger partial charge in [0.1, 0.15) is 0 Å². The molecule has 3 heteroatoms. The maximum Gasteiger partial charge on any atom is 0.0590 e. The monoisotopic (exact) mass is 283 g/mol. The van der Waals surface area contributed by atoms with Gasteiger partial charge in [-0.05, 0) is 41.8 Å². The van der Waals surface area contributed by atoms with Crippen LogP contribution in [0.4, 0.5) is 0 Å². The van der Waals surface area contributed by atoms with Gasteiger partial charge in [-0.25, -0.2) is 0 Å². The summed E-state index contributed by atoms with van der Waals surface area (Å²) in [6.07, 6.45) is 9.14. The van der Waals surface area contributed by atoms with Crippen LogP contribution in [0.15, 0.2) is 16.8 Å². The van der Waals surface area contributed by atoms with Gasteiger partial charge in [-0.1, -0.05) is 39.0 Å². The smallest absolute Gasteiger partial charge is 0.0590 e. The van der Waals surface area contributed by atoms with Crippen molar-refractivity contribution >= 4 is 11.3 Å². The third-order valence-electron chi connectivity index (χ3n) is 3.24. The van der Waals surface area contributed by atoms with Crippen LogP contribution in [-0.2, 0) is 11.2 Å². The largest absolute Gasteiger partial charge is 0.380 e. The molecule has 1 rings (SSSR count). The summed E-state index contributed by atoms with van der Waals surface area (Å²) in [5.41, 5.74) is 1.44. The van der Waals surface area contributed by atoms with Crippen LogP contribution >= 0.6 is 11.3 Å². The fourth-order valence-electron chi connectivity index (χ4n) is 2.02. The van der Waals surface area contributed by atoms with E-state index in [9.17, 15) is 0 Å². The SMILES string of the molecule is CCCCCCCCOCCNCCc1ccsc1. The highest BCUT2D eigenvalue weighted by atomic mass is 32.1. The number of unbranched alkanes of at least 4 members (excludes halogenated alkanes) is 5. The minimum Gasteiger partial charge on any atom is -0.380 e. The molecule has 0 fully saturated rings. The van der Waals surface area contributed by atoms with Gasteiger partial charge in [-0.3, -0.25) is 0 Å². The lowest BCUT2D eigenvalue weighted by Crippen LogP contribution is -2.22. The zero-order valence-corrected chi connectivity index (χ0v) is 13.1. The lowest BCUT2D eigenvalue weighted by Gasteiger charge is -2.06. The van der Waals surface area contributed by atoms with E-state index in [4.69, 9.17) is 4.74 Å². The first kappa shape index (κ1) is 16.7. The fourth-order valence-corrected chi connectivity index (χ4v) is 2.73. The van der Waals surface area contributed by atoms with Crippen molar-refractivity contribution in [3.8, 4) is 0 Å². The number of ether oxygens (including phenoxy) is 1. The summed E-state index contributed by atoms with van der Waals surface area (Å²) in [5, 5.41) is 7.78. The van der Waals surface area contributed by atoms with Gasteiger partial charge < -0.3 is 10.1 Å². The molecule has 0 aliphatic carbocycles. The van der Waals surface area contributed by atoms with Crippen molar-refractivity contribution in [2.45, 2.75) is 51.9 Å². The first-order chi connectivity index (χ1) is 9.43. The molecule has 19 heavy (non-hydrogen) atoms. The molecule has 1 N–H and O–H groups in total. The molecule has 0 radical (unpaired) electrons. The summed E-state index contributed by atoms with van der Waals surface area (Å²) < 4.78 is 5.62. The Morgan fingerprint density at radius 2 is 1.89 bits per heavy atom. The molecular formula is C16H29NOS. The summed E-state index contributed by atoms with van der Waals surface area (Å²) in [6.45, 7) is 6.06. The van der Waals surface area contributed by atoms with Crippen LogP contribution < -0.4 is 5.32 Å². The number of thiophene rings is 1. The Balaban J connectivity index is 1.72. The Bertz CT molecular complexity index is 274. The summed E-state index contributed by atoms with van der Waals surface area (Å²) in [6, 6.07) is 2.20. The van der Waals surface area contributed by atoms with E-state index in [1.807, 2.05) is 0 Å². The van der Waals surface area contributed by atoms with Crippen LogP contribution in [0.5, 0.6) is 0 Å². The van der Waals surface area contributed by atoms with E-state index < -0.39 is 0 Å². The van der Waals surface area contributed by atoms with Crippen molar-refractivity contribution < 1.29 is 4.74 Å². The molecule has 2 nitrogen and oxygen atoms in total. The Hall–Kier alpha value is -0.380. The van der Waals surface area contributed by atoms with Crippen molar-refractivity contribution in [1.82, 2.24) is 5.32 Å². The minimum atomic E-state index is 0.846. The van der Waals surface area contributed by atoms with E-state index in [0.717, 1.165) is 32.7 Å². The Morgan fingerprint density at radius 1 is 1.05 bits per heavy atom. The summed E-state index contributed by atoms with van der Waals surface area (Å²) in [4.78, 5) is 0. The lowest BCUT2D eigenvalue weighted by atomic mass is 10.1. The number of rotatable bonds is 13. The normalized spacial score (nSPS) is 11.0. The molecule has 0 bridgehead atoms. The molecule has 0 atom stereocenters. The first-order valence-corrected chi connectivity index (χ1v) is 8.67. The van der Waals surface area contributed by atoms with Crippen molar-refractivity contribution in [1.29, 1.82) is 0 Å². The van der Waals surface area contributed by atoms with Crippen LogP contribution in [0, 0.1) is 0 Å². The van der Waals surface area contributed by atoms with Crippen LogP contribution in [0.3, 0.4) is 0 Å². The Morgan fingerprint density at radius 3 is 2.68 bits per heavy atom. The van der Waals surface area contributed by atoms with Crippen LogP contribution in [0.2, 0.25) is 0 Å². The van der Waals surface area contributed by atoms with Crippen molar-refractivity contribution in [3.05, 3.63) is 22.4 Å². The molecule has 0 saturated heterocycles. The number of nitrogens with one attached hydrogen (secondary N) is 1. The highest BCUT2D eigenvalue weighted by Gasteiger charge is 1.94. The molecule has 110 valence electrons. The molecule has 1 heterocycles. The molecule has 0 aromatic carbocycles. The number of hydrogen-bond donors (Lipinski definition) is 1. The predicted molar refractivity (Wildman–Crippen MR) is 85.1 cm³/mol. The van der Waals surface area contributed by atoms with E-state index in [1.54, 1.807) is 11.3 Å². The van der Waals surface area contributed by atoms with Crippen molar-refractivity contribution in [3.63, 3.8) is 0 Å². The topological polar surface area (TPSA) is 21.3 Å². The molecule has 0 aliphatic heterocycles. The van der Waals surface area contributed by atoms with E-state index in [2.05, 4.69) is 29.1 Å². The molecular weight excluding hydrogens is 254 g/mol. The maximum absolute atomic E-state index is 5.62. The summed E-state index contributed by atoms with van der Waals surface area (Å²) in [5.74, 6) is 0. The highest BCUT2D eigenvalue weighted by molar-refractivity contribution is 7.07. The van der Waals surface area contributed by atoms with Gasteiger partial charge in [0.2, 0.25) is 0 Å². The minimum absolute atomic E-state index is 0.846. The van der Waals surface area contributed by atoms with Gasteiger partial charge in [0, 0.05) is 13.2 Å². The van der Waals surface area contributed by atoms with E-state index in [1.165, 1.54) is 44.1 Å². The van der Waals surface area contributed by atoms with Gasteiger partial charge in [0.15, 0.2) is 0 Å². The second-order valence-electron chi connectivity index (χ2n) is 5.01. The van der Waals surface area contributed by atoms with Crippen LogP contribution in [-0.4, -0.2) is 26.3 Å². The van der Waals surface area contributed by atoms with Gasteiger partial charge in [0.05, 0.1) is 6.61 Å². The van der Waals surface area contributed by atoms with E-state index >= 15 is 0 Å². The van der Waals surface area contributed by atoms with Gasteiger partial charge in [0.25, 0.3) is 0 Å². The molecule has 0 spiro atoms. The third-order valence-corrected chi connectivity index (χ3v) is 3.97. The second kappa shape index (κ2) is 12.6. The van der Waals surface area contributed by atoms with Crippen LogP contribution in [0.25, 0.3) is 0 Å². The van der Waals surface area contributed by atoms with Crippen molar-refractivity contribution in [2.24, 2.45) is 0 Å². The quantitative estimate of drug-likeness (QED) is 0.546. The molecule has 0 unspecified atom stereocenters. The molecule has 1 aromatic rings. The lowest BCUT2D eigenvalue weighted by molar-refractivity contribution is 0.131. The first-order valence-electron chi connectivity index (χ1n) is 7.73.